The molecular weight excluding hydrogens is 268 g/mol. The van der Waals surface area contributed by atoms with Gasteiger partial charge in [0.05, 0.1) is 5.25 Å². The van der Waals surface area contributed by atoms with Gasteiger partial charge in [-0.2, -0.15) is 0 Å². The smallest absolute Gasteiger partial charge is 0.139 e. The van der Waals surface area contributed by atoms with Gasteiger partial charge in [-0.1, -0.05) is 0 Å². The van der Waals surface area contributed by atoms with E-state index in [1.54, 1.807) is 0 Å². The number of benzene rings is 1. The van der Waals surface area contributed by atoms with Gasteiger partial charge in [0.1, 0.15) is 23.2 Å². The van der Waals surface area contributed by atoms with E-state index in [4.69, 9.17) is 10.2 Å². The topological polar surface area (TPSA) is 39.2 Å². The summed E-state index contributed by atoms with van der Waals surface area (Å²) in [6.45, 7) is 3.67. The van der Waals surface area contributed by atoms with Crippen LogP contribution in [0.25, 0.3) is 0 Å². The van der Waals surface area contributed by atoms with Crippen LogP contribution in [0.4, 0.5) is 8.78 Å². The lowest BCUT2D eigenvalue weighted by molar-refractivity contribution is 0.464. The van der Waals surface area contributed by atoms with Crippen LogP contribution in [0.1, 0.15) is 23.7 Å². The van der Waals surface area contributed by atoms with Crippen molar-refractivity contribution in [2.45, 2.75) is 30.0 Å². The molecule has 5 heteroatoms. The van der Waals surface area contributed by atoms with Crippen molar-refractivity contribution in [2.24, 2.45) is 5.73 Å². The van der Waals surface area contributed by atoms with E-state index in [0.717, 1.165) is 11.8 Å². The Bertz CT molecular complexity index is 568. The molecule has 0 spiro atoms. The van der Waals surface area contributed by atoms with Gasteiger partial charge in [-0.3, -0.25) is 0 Å². The Morgan fingerprint density at radius 2 is 1.95 bits per heavy atom. The first-order valence-electron chi connectivity index (χ1n) is 5.91. The highest BCUT2D eigenvalue weighted by atomic mass is 32.2. The van der Waals surface area contributed by atoms with Crippen molar-refractivity contribution >= 4 is 11.8 Å². The van der Waals surface area contributed by atoms with Crippen LogP contribution in [0.5, 0.6) is 0 Å². The van der Waals surface area contributed by atoms with Gasteiger partial charge in [0.25, 0.3) is 0 Å². The van der Waals surface area contributed by atoms with Crippen LogP contribution < -0.4 is 5.73 Å². The number of furan rings is 1. The molecule has 0 saturated heterocycles. The lowest BCUT2D eigenvalue weighted by Gasteiger charge is -2.18. The molecule has 2 nitrogen and oxygen atoms in total. The third kappa shape index (κ3) is 3.36. The second kappa shape index (κ2) is 5.75. The zero-order valence-corrected chi connectivity index (χ0v) is 11.5. The van der Waals surface area contributed by atoms with Crippen LogP contribution in [0, 0.1) is 18.6 Å². The summed E-state index contributed by atoms with van der Waals surface area (Å²) in [6.07, 6.45) is 0. The average molecular weight is 283 g/mol. The highest BCUT2D eigenvalue weighted by Gasteiger charge is 2.22. The number of rotatable bonds is 4. The molecule has 1 aromatic carbocycles. The molecule has 102 valence electrons. The van der Waals surface area contributed by atoms with Crippen LogP contribution in [-0.2, 0) is 0 Å². The standard InChI is InChI=1S/C14H15F2NOS/c1-8-3-5-12(18-8)14(9(2)17)19-13-6-4-10(15)7-11(13)16/h3-7,9,14H,17H2,1-2H3. The number of hydrogen-bond donors (Lipinski definition) is 1. The van der Waals surface area contributed by atoms with E-state index in [0.29, 0.717) is 10.7 Å². The van der Waals surface area contributed by atoms with E-state index in [1.165, 1.54) is 23.9 Å². The van der Waals surface area contributed by atoms with Gasteiger partial charge >= 0.3 is 0 Å². The first kappa shape index (κ1) is 14.1. The predicted molar refractivity (Wildman–Crippen MR) is 72.1 cm³/mol. The molecule has 0 saturated carbocycles. The Labute approximate surface area is 115 Å². The van der Waals surface area contributed by atoms with Crippen LogP contribution in [0.3, 0.4) is 0 Å². The number of nitrogens with two attached hydrogens (primary N) is 1. The Morgan fingerprint density at radius 3 is 2.47 bits per heavy atom. The van der Waals surface area contributed by atoms with Gasteiger partial charge < -0.3 is 10.2 Å². The van der Waals surface area contributed by atoms with Gasteiger partial charge in [0.15, 0.2) is 0 Å². The molecular formula is C14H15F2NOS. The fourth-order valence-electron chi connectivity index (χ4n) is 1.74. The van der Waals surface area contributed by atoms with E-state index < -0.39 is 11.6 Å². The fourth-order valence-corrected chi connectivity index (χ4v) is 2.79. The van der Waals surface area contributed by atoms with Crippen molar-refractivity contribution in [1.82, 2.24) is 0 Å². The molecule has 0 bridgehead atoms. The summed E-state index contributed by atoms with van der Waals surface area (Å²) < 4.78 is 32.1. The highest BCUT2D eigenvalue weighted by molar-refractivity contribution is 7.99. The Kier molecular flexibility index (Phi) is 4.27. The maximum Gasteiger partial charge on any atom is 0.139 e. The van der Waals surface area contributed by atoms with E-state index in [9.17, 15) is 8.78 Å². The van der Waals surface area contributed by atoms with Crippen LogP contribution in [0.15, 0.2) is 39.6 Å². The molecule has 0 aliphatic carbocycles. The SMILES string of the molecule is Cc1ccc(C(Sc2ccc(F)cc2F)C(C)N)o1. The summed E-state index contributed by atoms with van der Waals surface area (Å²) in [7, 11) is 0. The van der Waals surface area contributed by atoms with Crippen molar-refractivity contribution in [3.8, 4) is 0 Å². The molecule has 0 aliphatic heterocycles. The number of aryl methyl sites for hydroxylation is 1. The Balaban J connectivity index is 2.26. The molecule has 2 aromatic rings. The number of halogens is 2. The van der Waals surface area contributed by atoms with E-state index >= 15 is 0 Å². The summed E-state index contributed by atoms with van der Waals surface area (Å²) in [5, 5.41) is -0.214. The molecule has 2 unspecified atom stereocenters. The van der Waals surface area contributed by atoms with Gasteiger partial charge in [0, 0.05) is 17.0 Å². The third-order valence-electron chi connectivity index (χ3n) is 2.67. The first-order valence-corrected chi connectivity index (χ1v) is 6.79. The molecule has 0 amide bonds. The van der Waals surface area contributed by atoms with E-state index in [-0.39, 0.29) is 11.3 Å². The largest absolute Gasteiger partial charge is 0.465 e. The summed E-state index contributed by atoms with van der Waals surface area (Å²) in [6, 6.07) is 6.97. The summed E-state index contributed by atoms with van der Waals surface area (Å²) in [5.41, 5.74) is 5.93. The summed E-state index contributed by atoms with van der Waals surface area (Å²) in [5.74, 6) is 0.300. The maximum absolute atomic E-state index is 13.7. The monoisotopic (exact) mass is 283 g/mol. The van der Waals surface area contributed by atoms with Gasteiger partial charge in [-0.15, -0.1) is 11.8 Å². The fraction of sp³-hybridized carbons (Fsp3) is 0.286. The second-order valence-corrected chi connectivity index (χ2v) is 5.60. The van der Waals surface area contributed by atoms with Crippen molar-refractivity contribution < 1.29 is 13.2 Å². The van der Waals surface area contributed by atoms with Crippen molar-refractivity contribution in [3.63, 3.8) is 0 Å². The van der Waals surface area contributed by atoms with Crippen molar-refractivity contribution in [1.29, 1.82) is 0 Å². The van der Waals surface area contributed by atoms with E-state index in [2.05, 4.69) is 0 Å². The third-order valence-corrected chi connectivity index (χ3v) is 4.17. The molecule has 0 fully saturated rings. The molecule has 2 atom stereocenters. The van der Waals surface area contributed by atoms with Crippen LogP contribution >= 0.6 is 11.8 Å². The summed E-state index contributed by atoms with van der Waals surface area (Å²) >= 11 is 1.24. The first-order chi connectivity index (χ1) is 8.97. The molecule has 1 aromatic heterocycles. The lowest BCUT2D eigenvalue weighted by atomic mass is 10.2. The Morgan fingerprint density at radius 1 is 1.21 bits per heavy atom. The minimum Gasteiger partial charge on any atom is -0.465 e. The maximum atomic E-state index is 13.7. The molecule has 2 rings (SSSR count). The zero-order valence-electron chi connectivity index (χ0n) is 10.7. The minimum absolute atomic E-state index is 0.214. The number of hydrogen-bond acceptors (Lipinski definition) is 3. The quantitative estimate of drug-likeness (QED) is 0.860. The molecule has 0 radical (unpaired) electrons. The summed E-state index contributed by atoms with van der Waals surface area (Å²) in [4.78, 5) is 0.359. The van der Waals surface area contributed by atoms with E-state index in [1.807, 2.05) is 26.0 Å². The lowest BCUT2D eigenvalue weighted by Crippen LogP contribution is -2.22. The van der Waals surface area contributed by atoms with Gasteiger partial charge in [0.2, 0.25) is 0 Å². The average Bonchev–Trinajstić information content (AvgIpc) is 2.74. The molecule has 1 heterocycles. The number of thioether (sulfide) groups is 1. The zero-order chi connectivity index (χ0) is 14.0. The van der Waals surface area contributed by atoms with Crippen LogP contribution in [-0.4, -0.2) is 6.04 Å². The predicted octanol–water partition coefficient (Wildman–Crippen LogP) is 4.05. The van der Waals surface area contributed by atoms with Crippen molar-refractivity contribution in [2.75, 3.05) is 0 Å². The molecule has 19 heavy (non-hydrogen) atoms. The molecule has 0 aliphatic rings. The van der Waals surface area contributed by atoms with Crippen LogP contribution in [0.2, 0.25) is 0 Å². The second-order valence-electron chi connectivity index (χ2n) is 4.42. The highest BCUT2D eigenvalue weighted by Crippen LogP contribution is 2.39. The Hall–Kier alpha value is -1.33. The molecule has 2 N–H and O–H groups in total. The minimum atomic E-state index is -0.590. The normalized spacial score (nSPS) is 14.4. The van der Waals surface area contributed by atoms with Gasteiger partial charge in [-0.05, 0) is 38.1 Å². The van der Waals surface area contributed by atoms with Crippen molar-refractivity contribution in [3.05, 3.63) is 53.5 Å². The van der Waals surface area contributed by atoms with Gasteiger partial charge in [-0.25, -0.2) is 8.78 Å².